The molecule has 0 aliphatic carbocycles. The summed E-state index contributed by atoms with van der Waals surface area (Å²) >= 11 is 3.41. The molecule has 21 heavy (non-hydrogen) atoms. The minimum absolute atomic E-state index is 0.143. The van der Waals surface area contributed by atoms with Crippen molar-refractivity contribution in [1.82, 2.24) is 5.32 Å². The van der Waals surface area contributed by atoms with Gasteiger partial charge in [-0.05, 0) is 52.9 Å². The maximum Gasteiger partial charge on any atom is 0.326 e. The summed E-state index contributed by atoms with van der Waals surface area (Å²) in [6.45, 7) is 7.54. The van der Waals surface area contributed by atoms with Gasteiger partial charge in [-0.15, -0.1) is 0 Å². The summed E-state index contributed by atoms with van der Waals surface area (Å²) in [5, 5.41) is 14.4. The first-order chi connectivity index (χ1) is 9.76. The first-order valence-corrected chi connectivity index (χ1v) is 7.62. The molecule has 0 aromatic heterocycles. The lowest BCUT2D eigenvalue weighted by atomic mass is 9.99. The molecule has 0 spiro atoms. The van der Waals surface area contributed by atoms with Crippen LogP contribution in [0.2, 0.25) is 0 Å². The van der Waals surface area contributed by atoms with Crippen molar-refractivity contribution in [3.63, 3.8) is 0 Å². The molecule has 1 aromatic carbocycles. The Balaban J connectivity index is 2.84. The second kappa shape index (κ2) is 7.45. The van der Waals surface area contributed by atoms with E-state index in [2.05, 4.69) is 26.6 Å². The third-order valence-corrected chi connectivity index (χ3v) is 4.06. The molecule has 0 saturated heterocycles. The fraction of sp³-hybridized carbons (Fsp3) is 0.467. The van der Waals surface area contributed by atoms with Crippen molar-refractivity contribution >= 4 is 33.6 Å². The SMILES string of the molecule is CCC(C)C(NC(=O)Nc1c(C)cc(C)cc1Br)C(=O)O. The number of halogens is 1. The Bertz CT molecular complexity index is 523. The minimum Gasteiger partial charge on any atom is -0.480 e. The van der Waals surface area contributed by atoms with E-state index in [1.54, 1.807) is 6.92 Å². The van der Waals surface area contributed by atoms with Gasteiger partial charge in [0.2, 0.25) is 0 Å². The van der Waals surface area contributed by atoms with Gasteiger partial charge in [0.25, 0.3) is 0 Å². The van der Waals surface area contributed by atoms with Gasteiger partial charge in [-0.3, -0.25) is 0 Å². The van der Waals surface area contributed by atoms with Crippen LogP contribution >= 0.6 is 15.9 Å². The summed E-state index contributed by atoms with van der Waals surface area (Å²) in [5.41, 5.74) is 2.63. The van der Waals surface area contributed by atoms with Gasteiger partial charge in [0.15, 0.2) is 0 Å². The normalized spacial score (nSPS) is 13.4. The predicted octanol–water partition coefficient (Wildman–Crippen LogP) is 3.69. The topological polar surface area (TPSA) is 78.4 Å². The van der Waals surface area contributed by atoms with Crippen LogP contribution in [0.25, 0.3) is 0 Å². The molecule has 1 rings (SSSR count). The molecule has 2 unspecified atom stereocenters. The number of anilines is 1. The number of hydrogen-bond donors (Lipinski definition) is 3. The van der Waals surface area contributed by atoms with Crippen molar-refractivity contribution in [2.75, 3.05) is 5.32 Å². The van der Waals surface area contributed by atoms with Crippen LogP contribution in [-0.2, 0) is 4.79 Å². The highest BCUT2D eigenvalue weighted by molar-refractivity contribution is 9.10. The van der Waals surface area contributed by atoms with E-state index in [0.29, 0.717) is 12.1 Å². The number of carbonyl (C=O) groups is 2. The summed E-state index contributed by atoms with van der Waals surface area (Å²) in [5.74, 6) is -1.17. The number of aryl methyl sites for hydroxylation is 2. The minimum atomic E-state index is -1.03. The van der Waals surface area contributed by atoms with Crippen molar-refractivity contribution in [1.29, 1.82) is 0 Å². The highest BCUT2D eigenvalue weighted by atomic mass is 79.9. The third-order valence-electron chi connectivity index (χ3n) is 3.44. The monoisotopic (exact) mass is 356 g/mol. The zero-order valence-electron chi connectivity index (χ0n) is 12.7. The predicted molar refractivity (Wildman–Crippen MR) is 86.6 cm³/mol. The van der Waals surface area contributed by atoms with Gasteiger partial charge in [0, 0.05) is 4.47 Å². The highest BCUT2D eigenvalue weighted by Gasteiger charge is 2.25. The fourth-order valence-electron chi connectivity index (χ4n) is 2.05. The lowest BCUT2D eigenvalue weighted by Crippen LogP contribution is -2.46. The largest absolute Gasteiger partial charge is 0.480 e. The van der Waals surface area contributed by atoms with E-state index in [1.165, 1.54) is 0 Å². The van der Waals surface area contributed by atoms with Crippen molar-refractivity contribution < 1.29 is 14.7 Å². The molecule has 0 fully saturated rings. The Labute approximate surface area is 133 Å². The molecule has 0 saturated carbocycles. The number of urea groups is 1. The molecule has 0 aliphatic heterocycles. The summed E-state index contributed by atoms with van der Waals surface area (Å²) < 4.78 is 0.769. The summed E-state index contributed by atoms with van der Waals surface area (Å²) in [7, 11) is 0. The molecule has 2 amide bonds. The van der Waals surface area contributed by atoms with Crippen LogP contribution in [0, 0.1) is 19.8 Å². The van der Waals surface area contributed by atoms with E-state index in [-0.39, 0.29) is 5.92 Å². The first kappa shape index (κ1) is 17.5. The Kier molecular flexibility index (Phi) is 6.20. The molecule has 3 N–H and O–H groups in total. The summed E-state index contributed by atoms with van der Waals surface area (Å²) in [4.78, 5) is 23.2. The fourth-order valence-corrected chi connectivity index (χ4v) is 2.82. The van der Waals surface area contributed by atoms with Crippen LogP contribution < -0.4 is 10.6 Å². The van der Waals surface area contributed by atoms with Crippen LogP contribution in [0.5, 0.6) is 0 Å². The lowest BCUT2D eigenvalue weighted by Gasteiger charge is -2.21. The number of carboxylic acids is 1. The van der Waals surface area contributed by atoms with Gasteiger partial charge in [0.1, 0.15) is 6.04 Å². The number of hydrogen-bond acceptors (Lipinski definition) is 2. The molecule has 116 valence electrons. The lowest BCUT2D eigenvalue weighted by molar-refractivity contribution is -0.140. The Morgan fingerprint density at radius 1 is 1.33 bits per heavy atom. The van der Waals surface area contributed by atoms with E-state index in [4.69, 9.17) is 0 Å². The maximum atomic E-state index is 12.0. The van der Waals surface area contributed by atoms with Gasteiger partial charge in [-0.1, -0.05) is 26.3 Å². The van der Waals surface area contributed by atoms with Crippen molar-refractivity contribution in [3.8, 4) is 0 Å². The van der Waals surface area contributed by atoms with Crippen LogP contribution in [0.1, 0.15) is 31.4 Å². The smallest absolute Gasteiger partial charge is 0.326 e. The zero-order chi connectivity index (χ0) is 16.2. The number of carboxylic acid groups (broad SMARTS) is 1. The van der Waals surface area contributed by atoms with Crippen LogP contribution in [0.15, 0.2) is 16.6 Å². The van der Waals surface area contributed by atoms with Gasteiger partial charge < -0.3 is 15.7 Å². The second-order valence-electron chi connectivity index (χ2n) is 5.24. The Morgan fingerprint density at radius 3 is 2.43 bits per heavy atom. The van der Waals surface area contributed by atoms with E-state index < -0.39 is 18.0 Å². The van der Waals surface area contributed by atoms with Crippen LogP contribution in [-0.4, -0.2) is 23.1 Å². The summed E-state index contributed by atoms with van der Waals surface area (Å²) in [6.07, 6.45) is 0.671. The second-order valence-corrected chi connectivity index (χ2v) is 6.09. The molecule has 2 atom stereocenters. The van der Waals surface area contributed by atoms with E-state index in [1.807, 2.05) is 32.9 Å². The van der Waals surface area contributed by atoms with Crippen LogP contribution in [0.4, 0.5) is 10.5 Å². The quantitative estimate of drug-likeness (QED) is 0.752. The van der Waals surface area contributed by atoms with E-state index in [9.17, 15) is 14.7 Å². The Hall–Kier alpha value is -1.56. The first-order valence-electron chi connectivity index (χ1n) is 6.83. The number of nitrogens with one attached hydrogen (secondary N) is 2. The molecule has 1 aromatic rings. The summed E-state index contributed by atoms with van der Waals surface area (Å²) in [6, 6.07) is 2.42. The number of benzene rings is 1. The highest BCUT2D eigenvalue weighted by Crippen LogP contribution is 2.27. The van der Waals surface area contributed by atoms with Gasteiger partial charge in [0.05, 0.1) is 5.69 Å². The molecule has 0 radical (unpaired) electrons. The van der Waals surface area contributed by atoms with E-state index >= 15 is 0 Å². The number of carbonyl (C=O) groups excluding carboxylic acids is 1. The molecule has 6 heteroatoms. The van der Waals surface area contributed by atoms with Crippen molar-refractivity contribution in [2.45, 2.75) is 40.2 Å². The van der Waals surface area contributed by atoms with E-state index in [0.717, 1.165) is 15.6 Å². The molecule has 0 bridgehead atoms. The molecule has 0 aliphatic rings. The molecule has 5 nitrogen and oxygen atoms in total. The molecule has 0 heterocycles. The molecular weight excluding hydrogens is 336 g/mol. The van der Waals surface area contributed by atoms with Crippen LogP contribution in [0.3, 0.4) is 0 Å². The number of amides is 2. The van der Waals surface area contributed by atoms with Crippen molar-refractivity contribution in [3.05, 3.63) is 27.7 Å². The van der Waals surface area contributed by atoms with Crippen molar-refractivity contribution in [2.24, 2.45) is 5.92 Å². The van der Waals surface area contributed by atoms with Gasteiger partial charge >= 0.3 is 12.0 Å². The number of aliphatic carboxylic acids is 1. The maximum absolute atomic E-state index is 12.0. The zero-order valence-corrected chi connectivity index (χ0v) is 14.2. The average Bonchev–Trinajstić information content (AvgIpc) is 2.39. The molecular formula is C15H21BrN2O3. The Morgan fingerprint density at radius 2 is 1.95 bits per heavy atom. The number of rotatable bonds is 5. The van der Waals surface area contributed by atoms with Gasteiger partial charge in [-0.25, -0.2) is 9.59 Å². The van der Waals surface area contributed by atoms with Gasteiger partial charge in [-0.2, -0.15) is 0 Å². The third kappa shape index (κ3) is 4.74. The standard InChI is InChI=1S/C15H21BrN2O3/c1-5-9(3)13(14(19)20)18-15(21)17-12-10(4)6-8(2)7-11(12)16/h6-7,9,13H,5H2,1-4H3,(H,19,20)(H2,17,18,21). The average molecular weight is 357 g/mol.